The highest BCUT2D eigenvalue weighted by Crippen LogP contribution is 2.17. The van der Waals surface area contributed by atoms with Crippen LogP contribution in [-0.4, -0.2) is 14.5 Å². The van der Waals surface area contributed by atoms with E-state index in [1.165, 1.54) is 6.07 Å². The van der Waals surface area contributed by atoms with Gasteiger partial charge in [-0.1, -0.05) is 25.0 Å². The smallest absolute Gasteiger partial charge is 0.238 e. The molecule has 0 aliphatic heterocycles. The summed E-state index contributed by atoms with van der Waals surface area (Å²) in [5.74, 6) is 2.64. The molecule has 0 radical (unpaired) electrons. The van der Waals surface area contributed by atoms with Gasteiger partial charge in [-0.3, -0.25) is 5.32 Å². The molecule has 1 aromatic rings. The Bertz CT molecular complexity index is 546. The number of hydrogen-bond acceptors (Lipinski definition) is 3. The van der Waals surface area contributed by atoms with E-state index in [2.05, 4.69) is 11.2 Å². The molecule has 98 valence electrons. The van der Waals surface area contributed by atoms with Crippen LogP contribution in [0.25, 0.3) is 0 Å². The molecule has 0 bridgehead atoms. The van der Waals surface area contributed by atoms with Gasteiger partial charge in [0.2, 0.25) is 10.0 Å². The molecule has 0 amide bonds. The second kappa shape index (κ2) is 6.01. The molecule has 0 saturated heterocycles. The summed E-state index contributed by atoms with van der Waals surface area (Å²) in [5, 5.41) is 8.34. The fraction of sp³-hybridized carbons (Fsp3) is 0.385. The minimum atomic E-state index is -3.67. The first kappa shape index (κ1) is 14.7. The maximum atomic E-state index is 11.3. The van der Waals surface area contributed by atoms with Crippen molar-refractivity contribution < 1.29 is 8.42 Å². The maximum Gasteiger partial charge on any atom is 0.238 e. The lowest BCUT2D eigenvalue weighted by Gasteiger charge is -2.18. The van der Waals surface area contributed by atoms with Gasteiger partial charge in [0.25, 0.3) is 0 Å². The summed E-state index contributed by atoms with van der Waals surface area (Å²) in [6.45, 7) is 3.92. The standard InChI is InChI=1S/C13H18N2O2S/c1-4-12(5-2)15-10(3)11-7-6-8-13(9-11)18(14,16)17/h1,6-10,12,15H,5H2,2-3H3,(H2,14,16,17). The molecule has 4 nitrogen and oxygen atoms in total. The van der Waals surface area contributed by atoms with Crippen molar-refractivity contribution in [3.8, 4) is 12.3 Å². The Morgan fingerprint density at radius 2 is 2.17 bits per heavy atom. The van der Waals surface area contributed by atoms with Crippen LogP contribution in [-0.2, 0) is 10.0 Å². The highest BCUT2D eigenvalue weighted by atomic mass is 32.2. The zero-order valence-electron chi connectivity index (χ0n) is 10.6. The number of nitrogens with two attached hydrogens (primary N) is 1. The lowest BCUT2D eigenvalue weighted by molar-refractivity contribution is 0.511. The van der Waals surface area contributed by atoms with Crippen molar-refractivity contribution >= 4 is 10.0 Å². The number of nitrogens with one attached hydrogen (secondary N) is 1. The van der Waals surface area contributed by atoms with E-state index in [9.17, 15) is 8.42 Å². The average molecular weight is 266 g/mol. The molecule has 0 aliphatic rings. The van der Waals surface area contributed by atoms with Gasteiger partial charge in [-0.25, -0.2) is 13.6 Å². The van der Waals surface area contributed by atoms with Crippen LogP contribution in [0.5, 0.6) is 0 Å². The van der Waals surface area contributed by atoms with E-state index < -0.39 is 10.0 Å². The summed E-state index contributed by atoms with van der Waals surface area (Å²) in [5.41, 5.74) is 0.843. The molecule has 18 heavy (non-hydrogen) atoms. The van der Waals surface area contributed by atoms with E-state index in [1.54, 1.807) is 12.1 Å². The van der Waals surface area contributed by atoms with Crippen LogP contribution >= 0.6 is 0 Å². The summed E-state index contributed by atoms with van der Waals surface area (Å²) < 4.78 is 22.5. The number of rotatable bonds is 5. The number of benzene rings is 1. The van der Waals surface area contributed by atoms with Crippen LogP contribution in [0.1, 0.15) is 31.9 Å². The first-order valence-electron chi connectivity index (χ1n) is 5.73. The van der Waals surface area contributed by atoms with Gasteiger partial charge in [0, 0.05) is 6.04 Å². The van der Waals surface area contributed by atoms with Gasteiger partial charge in [-0.05, 0) is 31.0 Å². The highest BCUT2D eigenvalue weighted by molar-refractivity contribution is 7.89. The Morgan fingerprint density at radius 3 is 2.67 bits per heavy atom. The van der Waals surface area contributed by atoms with Crippen LogP contribution in [0, 0.1) is 12.3 Å². The van der Waals surface area contributed by atoms with E-state index in [1.807, 2.05) is 19.9 Å². The summed E-state index contributed by atoms with van der Waals surface area (Å²) in [6.07, 6.45) is 6.20. The second-order valence-electron chi connectivity index (χ2n) is 4.13. The van der Waals surface area contributed by atoms with Gasteiger partial charge in [0.05, 0.1) is 10.9 Å². The molecule has 0 saturated carbocycles. The molecule has 0 aliphatic carbocycles. The monoisotopic (exact) mass is 266 g/mol. The minimum Gasteiger partial charge on any atom is -0.297 e. The topological polar surface area (TPSA) is 72.2 Å². The lowest BCUT2D eigenvalue weighted by Crippen LogP contribution is -2.29. The maximum absolute atomic E-state index is 11.3. The minimum absolute atomic E-state index is 0.0295. The number of sulfonamides is 1. The van der Waals surface area contributed by atoms with Crippen LogP contribution in [0.2, 0.25) is 0 Å². The van der Waals surface area contributed by atoms with Gasteiger partial charge in [0.15, 0.2) is 0 Å². The lowest BCUT2D eigenvalue weighted by atomic mass is 10.1. The molecule has 5 heteroatoms. The van der Waals surface area contributed by atoms with Crippen molar-refractivity contribution in [2.75, 3.05) is 0 Å². The van der Waals surface area contributed by atoms with E-state index >= 15 is 0 Å². The van der Waals surface area contributed by atoms with E-state index in [4.69, 9.17) is 11.6 Å². The molecule has 2 unspecified atom stereocenters. The largest absolute Gasteiger partial charge is 0.297 e. The molecular weight excluding hydrogens is 248 g/mol. The van der Waals surface area contributed by atoms with Gasteiger partial charge >= 0.3 is 0 Å². The predicted molar refractivity (Wildman–Crippen MR) is 72.3 cm³/mol. The van der Waals surface area contributed by atoms with Crippen LogP contribution < -0.4 is 10.5 Å². The molecule has 2 atom stereocenters. The third-order valence-corrected chi connectivity index (χ3v) is 3.66. The summed E-state index contributed by atoms with van der Waals surface area (Å²) in [7, 11) is -3.67. The molecular formula is C13H18N2O2S. The van der Waals surface area contributed by atoms with Gasteiger partial charge in [0.1, 0.15) is 0 Å². The Balaban J connectivity index is 2.94. The van der Waals surface area contributed by atoms with Crippen molar-refractivity contribution in [2.24, 2.45) is 5.14 Å². The zero-order valence-corrected chi connectivity index (χ0v) is 11.4. The SMILES string of the molecule is C#CC(CC)NC(C)c1cccc(S(N)(=O)=O)c1. The quantitative estimate of drug-likeness (QED) is 0.791. The molecule has 3 N–H and O–H groups in total. The number of terminal acetylenes is 1. The van der Waals surface area contributed by atoms with Crippen LogP contribution in [0.15, 0.2) is 29.2 Å². The van der Waals surface area contributed by atoms with Gasteiger partial charge in [-0.2, -0.15) is 0 Å². The fourth-order valence-electron chi connectivity index (χ4n) is 1.64. The third-order valence-electron chi connectivity index (χ3n) is 2.75. The molecule has 0 heterocycles. The zero-order chi connectivity index (χ0) is 13.8. The average Bonchev–Trinajstić information content (AvgIpc) is 2.34. The van der Waals surface area contributed by atoms with Gasteiger partial charge in [-0.15, -0.1) is 6.42 Å². The number of hydrogen-bond donors (Lipinski definition) is 2. The van der Waals surface area contributed by atoms with E-state index in [-0.39, 0.29) is 17.0 Å². The first-order chi connectivity index (χ1) is 8.38. The highest BCUT2D eigenvalue weighted by Gasteiger charge is 2.13. The van der Waals surface area contributed by atoms with Crippen molar-refractivity contribution in [1.82, 2.24) is 5.32 Å². The Labute approximate surface area is 109 Å². The number of primary sulfonamides is 1. The van der Waals surface area contributed by atoms with E-state index in [0.29, 0.717) is 0 Å². The van der Waals surface area contributed by atoms with Crippen molar-refractivity contribution in [1.29, 1.82) is 0 Å². The van der Waals surface area contributed by atoms with Crippen molar-refractivity contribution in [2.45, 2.75) is 37.2 Å². The van der Waals surface area contributed by atoms with Crippen molar-refractivity contribution in [3.05, 3.63) is 29.8 Å². The first-order valence-corrected chi connectivity index (χ1v) is 7.28. The Kier molecular flexibility index (Phi) is 4.91. The molecule has 1 aromatic carbocycles. The molecule has 0 fully saturated rings. The molecule has 1 rings (SSSR count). The molecule has 0 spiro atoms. The van der Waals surface area contributed by atoms with Crippen LogP contribution in [0.4, 0.5) is 0 Å². The Morgan fingerprint density at radius 1 is 1.50 bits per heavy atom. The Hall–Kier alpha value is -1.35. The normalized spacial score (nSPS) is 14.8. The van der Waals surface area contributed by atoms with Crippen LogP contribution in [0.3, 0.4) is 0 Å². The molecule has 0 aromatic heterocycles. The van der Waals surface area contributed by atoms with Gasteiger partial charge < -0.3 is 0 Å². The summed E-state index contributed by atoms with van der Waals surface area (Å²) >= 11 is 0. The van der Waals surface area contributed by atoms with E-state index in [0.717, 1.165) is 12.0 Å². The second-order valence-corrected chi connectivity index (χ2v) is 5.69. The van der Waals surface area contributed by atoms with Crippen molar-refractivity contribution in [3.63, 3.8) is 0 Å². The third kappa shape index (κ3) is 3.84. The predicted octanol–water partition coefficient (Wildman–Crippen LogP) is 1.40. The fourth-order valence-corrected chi connectivity index (χ4v) is 2.21. The summed E-state index contributed by atoms with van der Waals surface area (Å²) in [6, 6.07) is 6.49. The summed E-state index contributed by atoms with van der Waals surface area (Å²) in [4.78, 5) is 0.113.